The Labute approximate surface area is 156 Å². The van der Waals surface area contributed by atoms with Crippen LogP contribution in [0.15, 0.2) is 77.8 Å². The number of anilines is 1. The lowest BCUT2D eigenvalue weighted by Gasteiger charge is -2.10. The largest absolute Gasteiger partial charge is 0.319 e. The molecule has 27 heavy (non-hydrogen) atoms. The second-order valence-electron chi connectivity index (χ2n) is 5.61. The molecule has 0 spiro atoms. The molecule has 0 fully saturated rings. The van der Waals surface area contributed by atoms with E-state index in [4.69, 9.17) is 0 Å². The molecule has 1 amide bonds. The van der Waals surface area contributed by atoms with E-state index in [1.807, 2.05) is 0 Å². The van der Waals surface area contributed by atoms with Crippen LogP contribution in [-0.4, -0.2) is 19.3 Å². The van der Waals surface area contributed by atoms with Gasteiger partial charge in [-0.15, -0.1) is 0 Å². The molecule has 0 radical (unpaired) electrons. The molecule has 0 bridgehead atoms. The number of aromatic nitrogens is 1. The molecule has 2 N–H and O–H groups in total. The first-order chi connectivity index (χ1) is 13.0. The highest BCUT2D eigenvalue weighted by molar-refractivity contribution is 7.89. The van der Waals surface area contributed by atoms with Crippen molar-refractivity contribution in [3.63, 3.8) is 0 Å². The highest BCUT2D eigenvalue weighted by Crippen LogP contribution is 2.20. The fourth-order valence-electron chi connectivity index (χ4n) is 2.30. The van der Waals surface area contributed by atoms with E-state index in [2.05, 4.69) is 15.0 Å². The van der Waals surface area contributed by atoms with E-state index in [-0.39, 0.29) is 17.1 Å². The Morgan fingerprint density at radius 1 is 1.00 bits per heavy atom. The number of nitrogens with one attached hydrogen (secondary N) is 2. The number of pyridine rings is 1. The van der Waals surface area contributed by atoms with Crippen molar-refractivity contribution in [3.8, 4) is 0 Å². The summed E-state index contributed by atoms with van der Waals surface area (Å²) in [6.45, 7) is -0.0166. The molecule has 0 aliphatic carbocycles. The molecule has 1 aromatic heterocycles. The summed E-state index contributed by atoms with van der Waals surface area (Å²) in [6, 6.07) is 16.7. The number of carbonyl (C=O) groups excluding carboxylic acids is 1. The molecule has 8 heteroatoms. The van der Waals surface area contributed by atoms with Crippen molar-refractivity contribution >= 4 is 21.6 Å². The van der Waals surface area contributed by atoms with E-state index in [1.165, 1.54) is 12.1 Å². The van der Waals surface area contributed by atoms with Crippen LogP contribution in [-0.2, 0) is 16.6 Å². The molecule has 0 unspecified atom stereocenters. The number of amides is 1. The topological polar surface area (TPSA) is 88.2 Å². The van der Waals surface area contributed by atoms with E-state index in [0.29, 0.717) is 11.3 Å². The van der Waals surface area contributed by atoms with Gasteiger partial charge < -0.3 is 5.32 Å². The highest BCUT2D eigenvalue weighted by atomic mass is 32.2. The molecular weight excluding hydrogens is 369 g/mol. The highest BCUT2D eigenvalue weighted by Gasteiger charge is 2.17. The lowest BCUT2D eigenvalue weighted by atomic mass is 10.2. The predicted molar refractivity (Wildman–Crippen MR) is 99.1 cm³/mol. The summed E-state index contributed by atoms with van der Waals surface area (Å²) in [5, 5.41) is 2.42. The number of halogens is 1. The van der Waals surface area contributed by atoms with Gasteiger partial charge in [0.05, 0.1) is 22.8 Å². The first kappa shape index (κ1) is 18.7. The van der Waals surface area contributed by atoms with E-state index in [0.717, 1.165) is 6.07 Å². The van der Waals surface area contributed by atoms with Crippen molar-refractivity contribution in [2.75, 3.05) is 5.32 Å². The molecule has 0 saturated carbocycles. The fraction of sp³-hybridized carbons (Fsp3) is 0.0526. The number of sulfonamides is 1. The minimum Gasteiger partial charge on any atom is -0.319 e. The van der Waals surface area contributed by atoms with Crippen molar-refractivity contribution in [1.82, 2.24) is 9.71 Å². The lowest BCUT2D eigenvalue weighted by Crippen LogP contribution is -2.24. The van der Waals surface area contributed by atoms with Crippen LogP contribution in [0.5, 0.6) is 0 Å². The lowest BCUT2D eigenvalue weighted by molar-refractivity contribution is 0.102. The van der Waals surface area contributed by atoms with E-state index < -0.39 is 21.7 Å². The van der Waals surface area contributed by atoms with Crippen molar-refractivity contribution in [1.29, 1.82) is 0 Å². The Morgan fingerprint density at radius 3 is 2.41 bits per heavy atom. The average Bonchev–Trinajstić information content (AvgIpc) is 2.69. The minimum atomic E-state index is -3.92. The van der Waals surface area contributed by atoms with Gasteiger partial charge in [0.25, 0.3) is 5.91 Å². The monoisotopic (exact) mass is 385 g/mol. The van der Waals surface area contributed by atoms with Crippen molar-refractivity contribution in [2.24, 2.45) is 0 Å². The maximum absolute atomic E-state index is 14.3. The zero-order valence-corrected chi connectivity index (χ0v) is 14.9. The SMILES string of the molecule is O=C(Nc1ccc(S(=O)(=O)NCc2ccccn2)cc1F)c1ccccc1. The third-order valence-electron chi connectivity index (χ3n) is 3.70. The molecule has 3 rings (SSSR count). The zero-order chi connectivity index (χ0) is 19.3. The molecule has 0 atom stereocenters. The van der Waals surface area contributed by atoms with Crippen molar-refractivity contribution < 1.29 is 17.6 Å². The fourth-order valence-corrected chi connectivity index (χ4v) is 3.31. The van der Waals surface area contributed by atoms with Crippen LogP contribution in [0.4, 0.5) is 10.1 Å². The van der Waals surface area contributed by atoms with Gasteiger partial charge in [0, 0.05) is 11.8 Å². The van der Waals surface area contributed by atoms with Crippen molar-refractivity contribution in [2.45, 2.75) is 11.4 Å². The van der Waals surface area contributed by atoms with Gasteiger partial charge >= 0.3 is 0 Å². The summed E-state index contributed by atoms with van der Waals surface area (Å²) in [5.41, 5.74) is 0.798. The number of nitrogens with zero attached hydrogens (tertiary/aromatic N) is 1. The summed E-state index contributed by atoms with van der Waals surface area (Å²) >= 11 is 0. The molecule has 3 aromatic rings. The maximum atomic E-state index is 14.3. The van der Waals surface area contributed by atoms with Gasteiger partial charge in [-0.05, 0) is 42.5 Å². The Hall–Kier alpha value is -3.10. The molecule has 0 aliphatic rings. The van der Waals surface area contributed by atoms with Crippen LogP contribution in [0.2, 0.25) is 0 Å². The zero-order valence-electron chi connectivity index (χ0n) is 14.1. The Kier molecular flexibility index (Phi) is 5.58. The normalized spacial score (nSPS) is 11.1. The van der Waals surface area contributed by atoms with Crippen LogP contribution in [0.3, 0.4) is 0 Å². The van der Waals surface area contributed by atoms with E-state index >= 15 is 0 Å². The third kappa shape index (κ3) is 4.75. The van der Waals surface area contributed by atoms with Gasteiger partial charge in [0.1, 0.15) is 5.82 Å². The molecule has 1 heterocycles. The van der Waals surface area contributed by atoms with Gasteiger partial charge in [0.15, 0.2) is 0 Å². The quantitative estimate of drug-likeness (QED) is 0.683. The van der Waals surface area contributed by atoms with Gasteiger partial charge in [-0.2, -0.15) is 0 Å². The number of hydrogen-bond donors (Lipinski definition) is 2. The summed E-state index contributed by atoms with van der Waals surface area (Å²) in [5.74, 6) is -1.33. The smallest absolute Gasteiger partial charge is 0.255 e. The van der Waals surface area contributed by atoms with Gasteiger partial charge in [-0.1, -0.05) is 24.3 Å². The molecule has 138 valence electrons. The van der Waals surface area contributed by atoms with Gasteiger partial charge in [-0.25, -0.2) is 17.5 Å². The number of benzene rings is 2. The van der Waals surface area contributed by atoms with Crippen LogP contribution in [0.25, 0.3) is 0 Å². The number of hydrogen-bond acceptors (Lipinski definition) is 4. The van der Waals surface area contributed by atoms with Crippen LogP contribution in [0, 0.1) is 5.82 Å². The van der Waals surface area contributed by atoms with Crippen molar-refractivity contribution in [3.05, 3.63) is 90.0 Å². The van der Waals surface area contributed by atoms with Crippen LogP contribution >= 0.6 is 0 Å². The Bertz CT molecular complexity index is 1040. The first-order valence-corrected chi connectivity index (χ1v) is 9.49. The molecule has 0 saturated heterocycles. The summed E-state index contributed by atoms with van der Waals surface area (Å²) in [6.07, 6.45) is 1.55. The summed E-state index contributed by atoms with van der Waals surface area (Å²) < 4.78 is 41.3. The average molecular weight is 385 g/mol. The Balaban J connectivity index is 1.72. The second kappa shape index (κ2) is 8.07. The predicted octanol–water partition coefficient (Wildman–Crippen LogP) is 2.95. The maximum Gasteiger partial charge on any atom is 0.255 e. The van der Waals surface area contributed by atoms with Gasteiger partial charge in [0.2, 0.25) is 10.0 Å². The molecule has 6 nitrogen and oxygen atoms in total. The van der Waals surface area contributed by atoms with Crippen LogP contribution < -0.4 is 10.0 Å². The Morgan fingerprint density at radius 2 is 1.74 bits per heavy atom. The molecular formula is C19H16FN3O3S. The second-order valence-corrected chi connectivity index (χ2v) is 7.37. The molecule has 0 aliphatic heterocycles. The molecule has 2 aromatic carbocycles. The number of carbonyl (C=O) groups is 1. The summed E-state index contributed by atoms with van der Waals surface area (Å²) in [4.78, 5) is 15.9. The minimum absolute atomic E-state index is 0.0166. The standard InChI is InChI=1S/C19H16FN3O3S/c20-17-12-16(27(25,26)22-13-15-8-4-5-11-21-15)9-10-18(17)23-19(24)14-6-2-1-3-7-14/h1-12,22H,13H2,(H,23,24). The van der Waals surface area contributed by atoms with Gasteiger partial charge in [-0.3, -0.25) is 9.78 Å². The first-order valence-electron chi connectivity index (χ1n) is 8.01. The summed E-state index contributed by atoms with van der Waals surface area (Å²) in [7, 11) is -3.92. The van der Waals surface area contributed by atoms with E-state index in [1.54, 1.807) is 54.7 Å². The van der Waals surface area contributed by atoms with Crippen LogP contribution in [0.1, 0.15) is 16.1 Å². The third-order valence-corrected chi connectivity index (χ3v) is 5.10. The van der Waals surface area contributed by atoms with E-state index in [9.17, 15) is 17.6 Å². The number of rotatable bonds is 6.